The molecular weight excluding hydrogens is 324 g/mol. The Labute approximate surface area is 143 Å². The van der Waals surface area contributed by atoms with Crippen LogP contribution in [0.4, 0.5) is 0 Å². The number of amides is 1. The van der Waals surface area contributed by atoms with E-state index in [-0.39, 0.29) is 23.5 Å². The molecule has 24 heavy (non-hydrogen) atoms. The molecule has 2 aliphatic rings. The summed E-state index contributed by atoms with van der Waals surface area (Å²) >= 11 is 0. The van der Waals surface area contributed by atoms with Crippen molar-refractivity contribution < 1.29 is 13.2 Å². The molecule has 0 radical (unpaired) electrons. The van der Waals surface area contributed by atoms with Crippen LogP contribution in [0.1, 0.15) is 18.4 Å². The lowest BCUT2D eigenvalue weighted by molar-refractivity contribution is -0.132. The first-order chi connectivity index (χ1) is 11.4. The molecule has 5 nitrogen and oxygen atoms in total. The van der Waals surface area contributed by atoms with Gasteiger partial charge in [-0.25, -0.2) is 8.42 Å². The molecular formula is C18H24N2O3S. The lowest BCUT2D eigenvalue weighted by Crippen LogP contribution is -2.44. The summed E-state index contributed by atoms with van der Waals surface area (Å²) < 4.78 is 23.1. The van der Waals surface area contributed by atoms with E-state index in [1.54, 1.807) is 11.9 Å². The van der Waals surface area contributed by atoms with Gasteiger partial charge in [-0.1, -0.05) is 36.4 Å². The third kappa shape index (κ3) is 4.05. The molecule has 3 rings (SSSR count). The van der Waals surface area contributed by atoms with Crippen molar-refractivity contribution in [2.45, 2.75) is 18.9 Å². The van der Waals surface area contributed by atoms with Crippen molar-refractivity contribution in [3.8, 4) is 0 Å². The minimum Gasteiger partial charge on any atom is -0.341 e. The second kappa shape index (κ2) is 7.07. The number of hydrogen-bond donors (Lipinski definition) is 0. The molecule has 1 atom stereocenters. The molecule has 0 unspecified atom stereocenters. The van der Waals surface area contributed by atoms with Crippen molar-refractivity contribution in [2.24, 2.45) is 0 Å². The molecule has 0 bridgehead atoms. The second-order valence-electron chi connectivity index (χ2n) is 6.64. The van der Waals surface area contributed by atoms with E-state index in [0.717, 1.165) is 19.5 Å². The van der Waals surface area contributed by atoms with Crippen LogP contribution in [0.5, 0.6) is 0 Å². The maximum Gasteiger partial charge on any atom is 0.236 e. The summed E-state index contributed by atoms with van der Waals surface area (Å²) in [7, 11) is -1.24. The third-order valence-corrected chi connectivity index (χ3v) is 6.70. The average molecular weight is 348 g/mol. The van der Waals surface area contributed by atoms with Crippen LogP contribution in [0.2, 0.25) is 0 Å². The first kappa shape index (κ1) is 17.2. The van der Waals surface area contributed by atoms with Crippen molar-refractivity contribution >= 4 is 21.3 Å². The van der Waals surface area contributed by atoms with E-state index in [1.165, 1.54) is 11.1 Å². The van der Waals surface area contributed by atoms with Gasteiger partial charge in [0.05, 0.1) is 18.1 Å². The number of carbonyl (C=O) groups is 1. The molecule has 1 aromatic rings. The smallest absolute Gasteiger partial charge is 0.236 e. The summed E-state index contributed by atoms with van der Waals surface area (Å²) in [6, 6.07) is 10.1. The standard InChI is InChI=1S/C18H24N2O3S/c1-19(17-9-12-24(22,23)14-17)18(21)13-20-10-7-16(8-11-20)15-5-3-2-4-6-15/h2-7,17H,8-14H2,1H3/t17-/m1/s1. The maximum atomic E-state index is 12.4. The molecule has 0 spiro atoms. The number of carbonyl (C=O) groups excluding carboxylic acids is 1. The first-order valence-electron chi connectivity index (χ1n) is 8.37. The highest BCUT2D eigenvalue weighted by molar-refractivity contribution is 7.91. The van der Waals surface area contributed by atoms with Gasteiger partial charge in [0.25, 0.3) is 0 Å². The third-order valence-electron chi connectivity index (χ3n) is 4.95. The molecule has 1 amide bonds. The highest BCUT2D eigenvalue weighted by atomic mass is 32.2. The van der Waals surface area contributed by atoms with Crippen molar-refractivity contribution in [3.63, 3.8) is 0 Å². The summed E-state index contributed by atoms with van der Waals surface area (Å²) in [6.45, 7) is 1.96. The zero-order valence-corrected chi connectivity index (χ0v) is 14.8. The normalized spacial score (nSPS) is 23.7. The Kier molecular flexibility index (Phi) is 5.06. The van der Waals surface area contributed by atoms with Gasteiger partial charge in [-0.3, -0.25) is 9.69 Å². The van der Waals surface area contributed by atoms with Crippen LogP contribution in [0, 0.1) is 0 Å². The molecule has 2 heterocycles. The lowest BCUT2D eigenvalue weighted by atomic mass is 9.99. The Bertz CT molecular complexity index is 728. The van der Waals surface area contributed by atoms with Crippen LogP contribution in [-0.4, -0.2) is 68.4 Å². The molecule has 0 saturated carbocycles. The van der Waals surface area contributed by atoms with Gasteiger partial charge in [0.1, 0.15) is 0 Å². The van der Waals surface area contributed by atoms with E-state index in [4.69, 9.17) is 0 Å². The molecule has 0 N–H and O–H groups in total. The molecule has 1 saturated heterocycles. The van der Waals surface area contributed by atoms with Crippen LogP contribution >= 0.6 is 0 Å². The lowest BCUT2D eigenvalue weighted by Gasteiger charge is -2.30. The van der Waals surface area contributed by atoms with E-state index in [9.17, 15) is 13.2 Å². The Morgan fingerprint density at radius 1 is 1.29 bits per heavy atom. The minimum absolute atomic E-state index is 0.00802. The molecule has 130 valence electrons. The fourth-order valence-corrected chi connectivity index (χ4v) is 5.13. The van der Waals surface area contributed by atoms with Crippen LogP contribution in [-0.2, 0) is 14.6 Å². The predicted octanol–water partition coefficient (Wildman–Crippen LogP) is 1.42. The topological polar surface area (TPSA) is 57.7 Å². The molecule has 0 aromatic heterocycles. The molecule has 0 aliphatic carbocycles. The quantitative estimate of drug-likeness (QED) is 0.826. The SMILES string of the molecule is CN(C(=O)CN1CC=C(c2ccccc2)CC1)[C@@H]1CCS(=O)(=O)C1. The van der Waals surface area contributed by atoms with Gasteiger partial charge in [0, 0.05) is 26.2 Å². The zero-order valence-electron chi connectivity index (χ0n) is 14.0. The average Bonchev–Trinajstić information content (AvgIpc) is 2.95. The summed E-state index contributed by atoms with van der Waals surface area (Å²) in [5.74, 6) is 0.309. The van der Waals surface area contributed by atoms with Gasteiger partial charge in [-0.15, -0.1) is 0 Å². The van der Waals surface area contributed by atoms with E-state index < -0.39 is 9.84 Å². The summed E-state index contributed by atoms with van der Waals surface area (Å²) in [5, 5.41) is 0. The molecule has 1 aromatic carbocycles. The van der Waals surface area contributed by atoms with Crippen molar-refractivity contribution in [2.75, 3.05) is 38.2 Å². The number of likely N-dealkylation sites (N-methyl/N-ethyl adjacent to an activating group) is 1. The minimum atomic E-state index is -2.96. The second-order valence-corrected chi connectivity index (χ2v) is 8.87. The highest BCUT2D eigenvalue weighted by Gasteiger charge is 2.33. The van der Waals surface area contributed by atoms with Gasteiger partial charge >= 0.3 is 0 Å². The number of rotatable bonds is 4. The van der Waals surface area contributed by atoms with Crippen LogP contribution in [0.15, 0.2) is 36.4 Å². The van der Waals surface area contributed by atoms with E-state index in [1.807, 2.05) is 18.2 Å². The van der Waals surface area contributed by atoms with E-state index in [0.29, 0.717) is 13.0 Å². The largest absolute Gasteiger partial charge is 0.341 e. The van der Waals surface area contributed by atoms with Crippen molar-refractivity contribution in [3.05, 3.63) is 42.0 Å². The molecule has 6 heteroatoms. The Morgan fingerprint density at radius 3 is 2.62 bits per heavy atom. The van der Waals surface area contributed by atoms with E-state index in [2.05, 4.69) is 23.1 Å². The van der Waals surface area contributed by atoms with Gasteiger partial charge < -0.3 is 4.90 Å². The Morgan fingerprint density at radius 2 is 2.04 bits per heavy atom. The van der Waals surface area contributed by atoms with Gasteiger partial charge in [-0.2, -0.15) is 0 Å². The summed E-state index contributed by atoms with van der Waals surface area (Å²) in [6.07, 6.45) is 3.67. The fourth-order valence-electron chi connectivity index (χ4n) is 3.36. The molecule has 1 fully saturated rings. The summed E-state index contributed by atoms with van der Waals surface area (Å²) in [4.78, 5) is 16.2. The van der Waals surface area contributed by atoms with Gasteiger partial charge in [0.15, 0.2) is 9.84 Å². The van der Waals surface area contributed by atoms with Crippen molar-refractivity contribution in [1.29, 1.82) is 0 Å². The van der Waals surface area contributed by atoms with Gasteiger partial charge in [-0.05, 0) is 24.0 Å². The Balaban J connectivity index is 1.54. The van der Waals surface area contributed by atoms with Crippen LogP contribution < -0.4 is 0 Å². The van der Waals surface area contributed by atoms with Crippen LogP contribution in [0.25, 0.3) is 5.57 Å². The maximum absolute atomic E-state index is 12.4. The number of benzene rings is 1. The first-order valence-corrected chi connectivity index (χ1v) is 10.2. The fraction of sp³-hybridized carbons (Fsp3) is 0.500. The number of sulfone groups is 1. The monoisotopic (exact) mass is 348 g/mol. The number of nitrogens with zero attached hydrogens (tertiary/aromatic N) is 2. The van der Waals surface area contributed by atoms with Crippen molar-refractivity contribution in [1.82, 2.24) is 9.80 Å². The van der Waals surface area contributed by atoms with E-state index >= 15 is 0 Å². The van der Waals surface area contributed by atoms with Gasteiger partial charge in [0.2, 0.25) is 5.91 Å². The summed E-state index contributed by atoms with van der Waals surface area (Å²) in [5.41, 5.74) is 2.58. The zero-order chi connectivity index (χ0) is 17.2. The Hall–Kier alpha value is -1.66. The predicted molar refractivity (Wildman–Crippen MR) is 95.3 cm³/mol. The highest BCUT2D eigenvalue weighted by Crippen LogP contribution is 2.22. The van der Waals surface area contributed by atoms with Crippen LogP contribution in [0.3, 0.4) is 0 Å². The molecule has 2 aliphatic heterocycles. The number of hydrogen-bond acceptors (Lipinski definition) is 4.